The number of aromatic nitrogens is 1. The van der Waals surface area contributed by atoms with Gasteiger partial charge in [-0.25, -0.2) is 9.78 Å². The molecule has 116 valence electrons. The summed E-state index contributed by atoms with van der Waals surface area (Å²) >= 11 is 1.51. The van der Waals surface area contributed by atoms with Crippen molar-refractivity contribution in [2.45, 2.75) is 0 Å². The summed E-state index contributed by atoms with van der Waals surface area (Å²) < 4.78 is 4.68. The summed E-state index contributed by atoms with van der Waals surface area (Å²) in [7, 11) is 1.36. The van der Waals surface area contributed by atoms with Gasteiger partial charge in [-0.05, 0) is 36.4 Å². The fourth-order valence-corrected chi connectivity index (χ4v) is 2.83. The second-order valence-electron chi connectivity index (χ2n) is 4.86. The number of esters is 1. The summed E-state index contributed by atoms with van der Waals surface area (Å²) in [5, 5.41) is 5.96. The third-order valence-corrected chi connectivity index (χ3v) is 4.00. The summed E-state index contributed by atoms with van der Waals surface area (Å²) in [5.74, 6) is -0.352. The summed E-state index contributed by atoms with van der Waals surface area (Å²) in [4.78, 5) is 16.0. The van der Waals surface area contributed by atoms with Crippen molar-refractivity contribution < 1.29 is 9.53 Å². The van der Waals surface area contributed by atoms with Gasteiger partial charge >= 0.3 is 5.97 Å². The molecule has 3 rings (SSSR count). The molecule has 0 radical (unpaired) electrons. The van der Waals surface area contributed by atoms with Crippen LogP contribution in [0.4, 0.5) is 16.5 Å². The van der Waals surface area contributed by atoms with Crippen molar-refractivity contribution >= 4 is 33.8 Å². The maximum absolute atomic E-state index is 11.4. The van der Waals surface area contributed by atoms with E-state index < -0.39 is 0 Å². The molecular weight excluding hydrogens is 310 g/mol. The van der Waals surface area contributed by atoms with Crippen LogP contribution < -0.4 is 11.1 Å². The third kappa shape index (κ3) is 3.49. The Morgan fingerprint density at radius 1 is 1.22 bits per heavy atom. The number of nitrogens with zero attached hydrogens (tertiary/aromatic N) is 1. The maximum atomic E-state index is 11.4. The number of ether oxygens (including phenoxy) is 1. The zero-order valence-electron chi connectivity index (χ0n) is 12.4. The van der Waals surface area contributed by atoms with Crippen molar-refractivity contribution in [1.29, 1.82) is 0 Å². The SMILES string of the molecule is COC(=O)c1ccc(Nc2nc(-c3cccc(N)c3)cs2)cc1. The van der Waals surface area contributed by atoms with Crippen LogP contribution in [-0.2, 0) is 4.74 Å². The van der Waals surface area contributed by atoms with E-state index >= 15 is 0 Å². The molecule has 1 heterocycles. The molecule has 0 saturated heterocycles. The Hall–Kier alpha value is -2.86. The highest BCUT2D eigenvalue weighted by Gasteiger charge is 2.07. The Morgan fingerprint density at radius 3 is 2.70 bits per heavy atom. The van der Waals surface area contributed by atoms with E-state index in [0.29, 0.717) is 11.3 Å². The number of nitrogens with one attached hydrogen (secondary N) is 1. The standard InChI is InChI=1S/C17H15N3O2S/c1-22-16(21)11-5-7-14(8-6-11)19-17-20-15(10-23-17)12-3-2-4-13(18)9-12/h2-10H,18H2,1H3,(H,19,20). The van der Waals surface area contributed by atoms with E-state index in [-0.39, 0.29) is 5.97 Å². The number of benzene rings is 2. The van der Waals surface area contributed by atoms with Crippen molar-refractivity contribution in [3.63, 3.8) is 0 Å². The molecule has 1 aromatic heterocycles. The molecule has 0 spiro atoms. The summed E-state index contributed by atoms with van der Waals surface area (Å²) in [6.07, 6.45) is 0. The summed E-state index contributed by atoms with van der Waals surface area (Å²) in [6.45, 7) is 0. The molecule has 0 fully saturated rings. The number of carbonyl (C=O) groups excluding carboxylic acids is 1. The van der Waals surface area contributed by atoms with Gasteiger partial charge in [0.05, 0.1) is 18.4 Å². The molecule has 0 aliphatic rings. The number of hydrogen-bond donors (Lipinski definition) is 2. The Morgan fingerprint density at radius 2 is 2.00 bits per heavy atom. The smallest absolute Gasteiger partial charge is 0.337 e. The number of methoxy groups -OCH3 is 1. The Kier molecular flexibility index (Phi) is 4.25. The normalized spacial score (nSPS) is 10.3. The molecular formula is C17H15N3O2S. The van der Waals surface area contributed by atoms with Crippen LogP contribution in [0.25, 0.3) is 11.3 Å². The molecule has 0 atom stereocenters. The molecule has 2 aromatic carbocycles. The Balaban J connectivity index is 1.75. The van der Waals surface area contributed by atoms with Crippen LogP contribution >= 0.6 is 11.3 Å². The molecule has 0 unspecified atom stereocenters. The van der Waals surface area contributed by atoms with E-state index in [2.05, 4.69) is 15.0 Å². The van der Waals surface area contributed by atoms with Gasteiger partial charge in [-0.3, -0.25) is 0 Å². The van der Waals surface area contributed by atoms with Crippen LogP contribution in [0.2, 0.25) is 0 Å². The molecule has 3 aromatic rings. The lowest BCUT2D eigenvalue weighted by Gasteiger charge is -2.04. The van der Waals surface area contributed by atoms with E-state index in [4.69, 9.17) is 5.73 Å². The van der Waals surface area contributed by atoms with Gasteiger partial charge in [-0.15, -0.1) is 11.3 Å². The lowest BCUT2D eigenvalue weighted by Crippen LogP contribution is -2.00. The molecule has 0 bridgehead atoms. The summed E-state index contributed by atoms with van der Waals surface area (Å²) in [6, 6.07) is 14.7. The highest BCUT2D eigenvalue weighted by Crippen LogP contribution is 2.28. The van der Waals surface area contributed by atoms with Crippen molar-refractivity contribution in [2.75, 3.05) is 18.2 Å². The number of hydrogen-bond acceptors (Lipinski definition) is 6. The minimum atomic E-state index is -0.352. The van der Waals surface area contributed by atoms with E-state index in [0.717, 1.165) is 22.1 Å². The molecule has 0 aliphatic carbocycles. The average molecular weight is 325 g/mol. The quantitative estimate of drug-likeness (QED) is 0.561. The highest BCUT2D eigenvalue weighted by atomic mass is 32.1. The van der Waals surface area contributed by atoms with Crippen molar-refractivity contribution in [3.05, 3.63) is 59.5 Å². The number of thiazole rings is 1. The molecule has 5 nitrogen and oxygen atoms in total. The lowest BCUT2D eigenvalue weighted by atomic mass is 10.1. The van der Waals surface area contributed by atoms with E-state index in [1.165, 1.54) is 18.4 Å². The van der Waals surface area contributed by atoms with Crippen molar-refractivity contribution in [3.8, 4) is 11.3 Å². The van der Waals surface area contributed by atoms with Crippen molar-refractivity contribution in [1.82, 2.24) is 4.98 Å². The molecule has 0 amide bonds. The topological polar surface area (TPSA) is 77.2 Å². The van der Waals surface area contributed by atoms with Crippen LogP contribution in [0.15, 0.2) is 53.9 Å². The van der Waals surface area contributed by atoms with Crippen molar-refractivity contribution in [2.24, 2.45) is 0 Å². The molecule has 6 heteroatoms. The van der Waals surface area contributed by atoms with Gasteiger partial charge in [0.1, 0.15) is 0 Å². The number of nitrogens with two attached hydrogens (primary N) is 1. The van der Waals surface area contributed by atoms with Crippen LogP contribution in [0.1, 0.15) is 10.4 Å². The van der Waals surface area contributed by atoms with E-state index in [1.54, 1.807) is 12.1 Å². The predicted octanol–water partition coefficient (Wildman–Crippen LogP) is 3.92. The average Bonchev–Trinajstić information content (AvgIpc) is 3.03. The van der Waals surface area contributed by atoms with Crippen LogP contribution in [-0.4, -0.2) is 18.1 Å². The van der Waals surface area contributed by atoms with E-state index in [1.807, 2.05) is 41.8 Å². The van der Waals surface area contributed by atoms with Gasteiger partial charge in [0, 0.05) is 22.3 Å². The monoisotopic (exact) mass is 325 g/mol. The first kappa shape index (κ1) is 15.1. The van der Waals surface area contributed by atoms with Gasteiger partial charge in [-0.1, -0.05) is 12.1 Å². The van der Waals surface area contributed by atoms with Crippen LogP contribution in [0.5, 0.6) is 0 Å². The Bertz CT molecular complexity index is 828. The molecule has 0 aliphatic heterocycles. The minimum Gasteiger partial charge on any atom is -0.465 e. The number of carbonyl (C=O) groups is 1. The van der Waals surface area contributed by atoms with Gasteiger partial charge in [-0.2, -0.15) is 0 Å². The van der Waals surface area contributed by atoms with E-state index in [9.17, 15) is 4.79 Å². The molecule has 23 heavy (non-hydrogen) atoms. The fourth-order valence-electron chi connectivity index (χ4n) is 2.09. The van der Waals surface area contributed by atoms with Gasteiger partial charge in [0.2, 0.25) is 0 Å². The number of nitrogen functional groups attached to an aromatic ring is 1. The predicted molar refractivity (Wildman–Crippen MR) is 93.0 cm³/mol. The lowest BCUT2D eigenvalue weighted by molar-refractivity contribution is 0.0601. The fraction of sp³-hybridized carbons (Fsp3) is 0.0588. The summed E-state index contributed by atoms with van der Waals surface area (Å²) in [5.41, 5.74) is 9.73. The number of anilines is 3. The van der Waals surface area contributed by atoms with Gasteiger partial charge < -0.3 is 15.8 Å². The largest absolute Gasteiger partial charge is 0.465 e. The first-order valence-electron chi connectivity index (χ1n) is 6.92. The van der Waals surface area contributed by atoms with Gasteiger partial charge in [0.15, 0.2) is 5.13 Å². The third-order valence-electron chi connectivity index (χ3n) is 3.24. The van der Waals surface area contributed by atoms with Crippen LogP contribution in [0.3, 0.4) is 0 Å². The molecule has 0 saturated carbocycles. The molecule has 3 N–H and O–H groups in total. The first-order chi connectivity index (χ1) is 11.2. The zero-order valence-corrected chi connectivity index (χ0v) is 13.3. The van der Waals surface area contributed by atoms with Crippen LogP contribution in [0, 0.1) is 0 Å². The zero-order chi connectivity index (χ0) is 16.2. The second-order valence-corrected chi connectivity index (χ2v) is 5.72. The highest BCUT2D eigenvalue weighted by molar-refractivity contribution is 7.14. The minimum absolute atomic E-state index is 0.352. The number of rotatable bonds is 4. The first-order valence-corrected chi connectivity index (χ1v) is 7.80. The van der Waals surface area contributed by atoms with Gasteiger partial charge in [0.25, 0.3) is 0 Å². The second kappa shape index (κ2) is 6.50. The Labute approximate surface area is 137 Å². The maximum Gasteiger partial charge on any atom is 0.337 e.